The molecule has 1 saturated carbocycles. The summed E-state index contributed by atoms with van der Waals surface area (Å²) in [7, 11) is 3.61. The first-order valence-corrected chi connectivity index (χ1v) is 12.7. The number of anilines is 4. The molecule has 1 atom stereocenters. The maximum atomic E-state index is 12.6. The fraction of sp³-hybridized carbons (Fsp3) is 0.370. The lowest BCUT2D eigenvalue weighted by Gasteiger charge is -2.32. The molecular weight excluding hydrogens is 468 g/mol. The van der Waals surface area contributed by atoms with Gasteiger partial charge in [0.05, 0.1) is 22.8 Å². The molecule has 1 unspecified atom stereocenters. The molecule has 2 fully saturated rings. The van der Waals surface area contributed by atoms with Gasteiger partial charge in [0.1, 0.15) is 0 Å². The van der Waals surface area contributed by atoms with Gasteiger partial charge in [0.15, 0.2) is 11.5 Å². The van der Waals surface area contributed by atoms with Crippen molar-refractivity contribution >= 4 is 34.7 Å². The average molecular weight is 499 g/mol. The Morgan fingerprint density at radius 1 is 1.11 bits per heavy atom. The number of carbonyl (C=O) groups is 2. The van der Waals surface area contributed by atoms with E-state index in [0.717, 1.165) is 61.5 Å². The lowest BCUT2D eigenvalue weighted by Crippen LogP contribution is -2.25. The Morgan fingerprint density at radius 2 is 1.97 bits per heavy atom. The zero-order valence-corrected chi connectivity index (χ0v) is 21.0. The molecule has 2 aromatic heterocycles. The van der Waals surface area contributed by atoms with Crippen LogP contribution in [0.15, 0.2) is 36.5 Å². The van der Waals surface area contributed by atoms with Crippen LogP contribution in [0.5, 0.6) is 0 Å². The molecular formula is C27H30N8O2. The number of para-hydroxylation sites is 1. The van der Waals surface area contributed by atoms with E-state index in [2.05, 4.69) is 55.5 Å². The minimum atomic E-state index is -0.367. The summed E-state index contributed by atoms with van der Waals surface area (Å²) in [6, 6.07) is 9.98. The van der Waals surface area contributed by atoms with E-state index in [1.54, 1.807) is 13.1 Å². The molecule has 1 aromatic carbocycles. The second-order valence-electron chi connectivity index (χ2n) is 9.98. The van der Waals surface area contributed by atoms with E-state index in [-0.39, 0.29) is 23.4 Å². The van der Waals surface area contributed by atoms with E-state index in [1.165, 1.54) is 11.1 Å². The molecule has 37 heavy (non-hydrogen) atoms. The molecule has 2 aliphatic heterocycles. The Bertz CT molecular complexity index is 1380. The van der Waals surface area contributed by atoms with Gasteiger partial charge in [-0.1, -0.05) is 12.1 Å². The summed E-state index contributed by atoms with van der Waals surface area (Å²) in [5.41, 5.74) is 6.90. The van der Waals surface area contributed by atoms with Crippen molar-refractivity contribution < 1.29 is 9.59 Å². The Kier molecular flexibility index (Phi) is 5.96. The Hall–Kier alpha value is -4.05. The van der Waals surface area contributed by atoms with E-state index >= 15 is 0 Å². The molecule has 4 N–H and O–H groups in total. The highest BCUT2D eigenvalue weighted by molar-refractivity contribution is 6.01. The van der Waals surface area contributed by atoms with Gasteiger partial charge in [-0.2, -0.15) is 0 Å². The molecule has 3 aliphatic rings. The molecule has 2 amide bonds. The van der Waals surface area contributed by atoms with Crippen molar-refractivity contribution in [2.75, 3.05) is 42.7 Å². The summed E-state index contributed by atoms with van der Waals surface area (Å²) < 4.78 is 0. The standard InChI is InChI=1S/C27H30N8O2/c1-28-27(37)24-21(11-22(33-34-24)32-26(36)15-6-7-15)31-20-5-3-4-19-23-18(14-35(2)25(19)20)10-17(13-30-23)16-8-9-29-12-16/h3-5,10-11,13,15-16,29H,6-9,12,14H2,1-2H3,(H,28,37)(H2,31,32,33,36). The number of pyridine rings is 1. The van der Waals surface area contributed by atoms with Gasteiger partial charge in [0.25, 0.3) is 5.91 Å². The highest BCUT2D eigenvalue weighted by atomic mass is 16.2. The molecule has 0 radical (unpaired) electrons. The number of fused-ring (bicyclic) bond motifs is 3. The first-order valence-electron chi connectivity index (χ1n) is 12.7. The van der Waals surface area contributed by atoms with Crippen molar-refractivity contribution in [2.45, 2.75) is 31.7 Å². The van der Waals surface area contributed by atoms with Crippen molar-refractivity contribution in [3.8, 4) is 11.3 Å². The Balaban J connectivity index is 1.36. The van der Waals surface area contributed by atoms with Crippen LogP contribution >= 0.6 is 0 Å². The molecule has 0 spiro atoms. The molecule has 190 valence electrons. The second kappa shape index (κ2) is 9.44. The van der Waals surface area contributed by atoms with Crippen LogP contribution < -0.4 is 26.2 Å². The van der Waals surface area contributed by atoms with E-state index < -0.39 is 0 Å². The number of benzene rings is 1. The quantitative estimate of drug-likeness (QED) is 0.409. The predicted octanol–water partition coefficient (Wildman–Crippen LogP) is 3.02. The molecule has 10 nitrogen and oxygen atoms in total. The highest BCUT2D eigenvalue weighted by Crippen LogP contribution is 2.44. The SMILES string of the molecule is CNC(=O)c1nnc(NC(=O)C2CC2)cc1Nc1cccc2c1N(C)Cc1cc(C3CCNC3)cnc1-2. The van der Waals surface area contributed by atoms with Crippen LogP contribution in [0.2, 0.25) is 0 Å². The van der Waals surface area contributed by atoms with Gasteiger partial charge >= 0.3 is 0 Å². The zero-order valence-electron chi connectivity index (χ0n) is 21.0. The first kappa shape index (κ1) is 23.4. The number of rotatable bonds is 6. The Labute approximate surface area is 215 Å². The zero-order chi connectivity index (χ0) is 25.5. The highest BCUT2D eigenvalue weighted by Gasteiger charge is 2.30. The van der Waals surface area contributed by atoms with Gasteiger partial charge < -0.3 is 26.2 Å². The maximum Gasteiger partial charge on any atom is 0.273 e. The third kappa shape index (κ3) is 4.48. The number of nitrogens with zero attached hydrogens (tertiary/aromatic N) is 4. The molecule has 1 aliphatic carbocycles. The van der Waals surface area contributed by atoms with Crippen LogP contribution in [-0.4, -0.2) is 54.2 Å². The number of hydrogen-bond donors (Lipinski definition) is 4. The summed E-state index contributed by atoms with van der Waals surface area (Å²) >= 11 is 0. The largest absolute Gasteiger partial charge is 0.368 e. The number of carbonyl (C=O) groups excluding carboxylic acids is 2. The van der Waals surface area contributed by atoms with Crippen LogP contribution in [-0.2, 0) is 11.3 Å². The van der Waals surface area contributed by atoms with Crippen LogP contribution in [0.1, 0.15) is 46.8 Å². The summed E-state index contributed by atoms with van der Waals surface area (Å²) in [5, 5.41) is 20.5. The first-order chi connectivity index (χ1) is 18.0. The third-order valence-electron chi connectivity index (χ3n) is 7.30. The van der Waals surface area contributed by atoms with Gasteiger partial charge in [-0.25, -0.2) is 0 Å². The number of amides is 2. The van der Waals surface area contributed by atoms with Crippen LogP contribution in [0.3, 0.4) is 0 Å². The summed E-state index contributed by atoms with van der Waals surface area (Å²) in [4.78, 5) is 31.9. The fourth-order valence-corrected chi connectivity index (χ4v) is 5.19. The van der Waals surface area contributed by atoms with Gasteiger partial charge in [-0.3, -0.25) is 14.6 Å². The number of nitrogens with one attached hydrogen (secondary N) is 4. The van der Waals surface area contributed by atoms with Crippen molar-refractivity contribution in [1.29, 1.82) is 0 Å². The monoisotopic (exact) mass is 498 g/mol. The molecule has 3 aromatic rings. The molecule has 1 saturated heterocycles. The van der Waals surface area contributed by atoms with E-state index in [0.29, 0.717) is 17.4 Å². The number of aromatic nitrogens is 3. The summed E-state index contributed by atoms with van der Waals surface area (Å²) in [5.74, 6) is 0.416. The van der Waals surface area contributed by atoms with Crippen LogP contribution in [0.25, 0.3) is 11.3 Å². The van der Waals surface area contributed by atoms with Gasteiger partial charge in [-0.15, -0.1) is 10.2 Å². The van der Waals surface area contributed by atoms with Crippen molar-refractivity contribution in [3.05, 3.63) is 53.3 Å². The van der Waals surface area contributed by atoms with Crippen molar-refractivity contribution in [2.24, 2.45) is 5.92 Å². The van der Waals surface area contributed by atoms with Gasteiger partial charge in [0, 0.05) is 50.9 Å². The molecule has 0 bridgehead atoms. The normalized spacial score (nSPS) is 18.1. The van der Waals surface area contributed by atoms with Gasteiger partial charge in [-0.05, 0) is 55.0 Å². The minimum Gasteiger partial charge on any atom is -0.368 e. The topological polar surface area (TPSA) is 124 Å². The summed E-state index contributed by atoms with van der Waals surface area (Å²) in [6.07, 6.45) is 4.92. The average Bonchev–Trinajstić information content (AvgIpc) is 3.62. The smallest absolute Gasteiger partial charge is 0.273 e. The lowest BCUT2D eigenvalue weighted by molar-refractivity contribution is -0.117. The lowest BCUT2D eigenvalue weighted by atomic mass is 9.93. The van der Waals surface area contributed by atoms with E-state index in [1.807, 2.05) is 18.3 Å². The Morgan fingerprint density at radius 3 is 2.73 bits per heavy atom. The van der Waals surface area contributed by atoms with Crippen LogP contribution in [0.4, 0.5) is 22.9 Å². The van der Waals surface area contributed by atoms with E-state index in [9.17, 15) is 9.59 Å². The second-order valence-corrected chi connectivity index (χ2v) is 9.98. The maximum absolute atomic E-state index is 12.6. The van der Waals surface area contributed by atoms with Crippen molar-refractivity contribution in [1.82, 2.24) is 25.8 Å². The van der Waals surface area contributed by atoms with Gasteiger partial charge in [0.2, 0.25) is 5.91 Å². The van der Waals surface area contributed by atoms with Crippen molar-refractivity contribution in [3.63, 3.8) is 0 Å². The fourth-order valence-electron chi connectivity index (χ4n) is 5.19. The molecule has 4 heterocycles. The summed E-state index contributed by atoms with van der Waals surface area (Å²) in [6.45, 7) is 2.77. The van der Waals surface area contributed by atoms with E-state index in [4.69, 9.17) is 4.98 Å². The number of hydrogen-bond acceptors (Lipinski definition) is 8. The third-order valence-corrected chi connectivity index (χ3v) is 7.30. The minimum absolute atomic E-state index is 0.0321. The predicted molar refractivity (Wildman–Crippen MR) is 142 cm³/mol. The molecule has 6 rings (SSSR count). The van der Waals surface area contributed by atoms with Crippen LogP contribution in [0, 0.1) is 5.92 Å². The molecule has 10 heteroatoms.